The fourth-order valence-corrected chi connectivity index (χ4v) is 2.09. The number of methoxy groups -OCH3 is 2. The van der Waals surface area contributed by atoms with E-state index in [1.807, 2.05) is 25.1 Å². The Bertz CT molecular complexity index is 417. The summed E-state index contributed by atoms with van der Waals surface area (Å²) < 4.78 is 9.94. The van der Waals surface area contributed by atoms with E-state index in [1.165, 1.54) is 7.11 Å². The van der Waals surface area contributed by atoms with Crippen LogP contribution in [0, 0.1) is 0 Å². The van der Waals surface area contributed by atoms with Crippen molar-refractivity contribution in [1.82, 2.24) is 0 Å². The molecule has 1 aliphatic rings. The zero-order chi connectivity index (χ0) is 11.7. The van der Waals surface area contributed by atoms with Gasteiger partial charge in [0.1, 0.15) is 5.75 Å². The van der Waals surface area contributed by atoms with Crippen LogP contribution in [0.2, 0.25) is 0 Å². The molecular formula is C12H15NO3. The van der Waals surface area contributed by atoms with Crippen molar-refractivity contribution in [2.24, 2.45) is 0 Å². The van der Waals surface area contributed by atoms with Gasteiger partial charge in [0.15, 0.2) is 0 Å². The summed E-state index contributed by atoms with van der Waals surface area (Å²) in [7, 11) is 3.01. The Morgan fingerprint density at radius 1 is 1.44 bits per heavy atom. The molecule has 0 saturated carbocycles. The molecule has 4 nitrogen and oxygen atoms in total. The van der Waals surface area contributed by atoms with Crippen LogP contribution in [0.25, 0.3) is 0 Å². The zero-order valence-electron chi connectivity index (χ0n) is 9.69. The Balaban J connectivity index is 2.41. The molecule has 4 heteroatoms. The van der Waals surface area contributed by atoms with Gasteiger partial charge in [0, 0.05) is 12.1 Å². The van der Waals surface area contributed by atoms with E-state index in [1.54, 1.807) is 12.0 Å². The normalized spacial score (nSPS) is 18.2. The number of nitrogens with zero attached hydrogens (tertiary/aromatic N) is 1. The van der Waals surface area contributed by atoms with Crippen LogP contribution in [0.3, 0.4) is 0 Å². The smallest absolute Gasteiger partial charge is 0.414 e. The molecular weight excluding hydrogens is 206 g/mol. The molecule has 1 aliphatic heterocycles. The predicted octanol–water partition coefficient (Wildman–Crippen LogP) is 2.21. The molecule has 0 radical (unpaired) electrons. The second-order valence-corrected chi connectivity index (χ2v) is 3.89. The highest BCUT2D eigenvalue weighted by Crippen LogP contribution is 2.35. The van der Waals surface area contributed by atoms with Gasteiger partial charge in [-0.15, -0.1) is 0 Å². The first-order chi connectivity index (χ1) is 7.67. The van der Waals surface area contributed by atoms with Gasteiger partial charge in [0.25, 0.3) is 0 Å². The Morgan fingerprint density at radius 3 is 2.81 bits per heavy atom. The third kappa shape index (κ3) is 1.60. The highest BCUT2D eigenvalue weighted by atomic mass is 16.5. The molecule has 1 aromatic carbocycles. The maximum absolute atomic E-state index is 11.6. The van der Waals surface area contributed by atoms with E-state index >= 15 is 0 Å². The van der Waals surface area contributed by atoms with Crippen LogP contribution in [-0.2, 0) is 11.2 Å². The molecule has 0 unspecified atom stereocenters. The van der Waals surface area contributed by atoms with Crippen molar-refractivity contribution in [1.29, 1.82) is 0 Å². The number of fused-ring (bicyclic) bond motifs is 1. The van der Waals surface area contributed by atoms with E-state index in [-0.39, 0.29) is 12.1 Å². The topological polar surface area (TPSA) is 38.8 Å². The lowest BCUT2D eigenvalue weighted by atomic mass is 10.1. The summed E-state index contributed by atoms with van der Waals surface area (Å²) in [6.45, 7) is 2.00. The summed E-state index contributed by atoms with van der Waals surface area (Å²) in [4.78, 5) is 13.3. The summed E-state index contributed by atoms with van der Waals surface area (Å²) >= 11 is 0. The second kappa shape index (κ2) is 4.04. The number of hydrogen-bond donors (Lipinski definition) is 0. The number of ether oxygens (including phenoxy) is 2. The molecule has 0 N–H and O–H groups in total. The fourth-order valence-electron chi connectivity index (χ4n) is 2.09. The van der Waals surface area contributed by atoms with Gasteiger partial charge >= 0.3 is 6.09 Å². The number of hydrogen-bond acceptors (Lipinski definition) is 3. The average Bonchev–Trinajstić information content (AvgIpc) is 2.63. The lowest BCUT2D eigenvalue weighted by molar-refractivity contribution is 0.177. The van der Waals surface area contributed by atoms with Crippen LogP contribution >= 0.6 is 0 Å². The summed E-state index contributed by atoms with van der Waals surface area (Å²) in [5, 5.41) is 0. The van der Waals surface area contributed by atoms with Crippen molar-refractivity contribution >= 4 is 11.8 Å². The minimum atomic E-state index is -0.320. The van der Waals surface area contributed by atoms with Gasteiger partial charge in [-0.1, -0.05) is 6.07 Å². The van der Waals surface area contributed by atoms with E-state index < -0.39 is 0 Å². The molecule has 0 aliphatic carbocycles. The summed E-state index contributed by atoms with van der Waals surface area (Å²) in [5.74, 6) is 0.752. The Kier molecular flexibility index (Phi) is 2.73. The largest absolute Gasteiger partial charge is 0.497 e. The minimum Gasteiger partial charge on any atom is -0.497 e. The van der Waals surface area contributed by atoms with Gasteiger partial charge in [-0.3, -0.25) is 4.90 Å². The first-order valence-electron chi connectivity index (χ1n) is 5.21. The fraction of sp³-hybridized carbons (Fsp3) is 0.417. The number of carbonyl (C=O) groups is 1. The van der Waals surface area contributed by atoms with Crippen molar-refractivity contribution < 1.29 is 14.3 Å². The Hall–Kier alpha value is -1.71. The number of benzene rings is 1. The Morgan fingerprint density at radius 2 is 2.19 bits per heavy atom. The second-order valence-electron chi connectivity index (χ2n) is 3.89. The van der Waals surface area contributed by atoms with Crippen LogP contribution in [0.15, 0.2) is 18.2 Å². The van der Waals surface area contributed by atoms with Crippen LogP contribution in [-0.4, -0.2) is 26.4 Å². The summed E-state index contributed by atoms with van der Waals surface area (Å²) in [5.41, 5.74) is 2.04. The molecule has 16 heavy (non-hydrogen) atoms. The van der Waals surface area contributed by atoms with Crippen molar-refractivity contribution in [2.45, 2.75) is 19.4 Å². The van der Waals surface area contributed by atoms with Gasteiger partial charge in [0.05, 0.1) is 19.9 Å². The monoisotopic (exact) mass is 221 g/mol. The van der Waals surface area contributed by atoms with Crippen LogP contribution in [0.4, 0.5) is 10.5 Å². The van der Waals surface area contributed by atoms with Gasteiger partial charge in [-0.2, -0.15) is 0 Å². The average molecular weight is 221 g/mol. The molecule has 2 rings (SSSR count). The van der Waals surface area contributed by atoms with E-state index in [4.69, 9.17) is 9.47 Å². The first-order valence-corrected chi connectivity index (χ1v) is 5.21. The molecule has 0 spiro atoms. The van der Waals surface area contributed by atoms with E-state index in [9.17, 15) is 4.79 Å². The molecule has 0 bridgehead atoms. The van der Waals surface area contributed by atoms with Crippen molar-refractivity contribution in [3.63, 3.8) is 0 Å². The van der Waals surface area contributed by atoms with Gasteiger partial charge in [0.2, 0.25) is 0 Å². The van der Waals surface area contributed by atoms with Crippen LogP contribution in [0.5, 0.6) is 5.75 Å². The van der Waals surface area contributed by atoms with E-state index in [0.29, 0.717) is 0 Å². The molecule has 1 amide bonds. The van der Waals surface area contributed by atoms with Crippen molar-refractivity contribution in [2.75, 3.05) is 19.1 Å². The molecule has 0 saturated heterocycles. The maximum Gasteiger partial charge on any atom is 0.414 e. The SMILES string of the molecule is COC(=O)N1c2cc(OC)ccc2C[C@@H]1C. The quantitative estimate of drug-likeness (QED) is 0.729. The van der Waals surface area contributed by atoms with E-state index in [2.05, 4.69) is 0 Å². The van der Waals surface area contributed by atoms with Crippen LogP contribution < -0.4 is 9.64 Å². The molecule has 0 fully saturated rings. The molecule has 86 valence electrons. The van der Waals surface area contributed by atoms with Gasteiger partial charge in [-0.05, 0) is 25.0 Å². The van der Waals surface area contributed by atoms with Crippen LogP contribution in [0.1, 0.15) is 12.5 Å². The van der Waals surface area contributed by atoms with E-state index in [0.717, 1.165) is 23.4 Å². The Labute approximate surface area is 94.8 Å². The number of amides is 1. The lowest BCUT2D eigenvalue weighted by Crippen LogP contribution is -2.35. The number of rotatable bonds is 1. The maximum atomic E-state index is 11.6. The molecule has 1 heterocycles. The number of carbonyl (C=O) groups excluding carboxylic acids is 1. The molecule has 1 aromatic rings. The lowest BCUT2D eigenvalue weighted by Gasteiger charge is -2.20. The predicted molar refractivity (Wildman–Crippen MR) is 61.0 cm³/mol. The minimum absolute atomic E-state index is 0.134. The highest BCUT2D eigenvalue weighted by molar-refractivity contribution is 5.91. The summed E-state index contributed by atoms with van der Waals surface area (Å²) in [6, 6.07) is 5.91. The summed E-state index contributed by atoms with van der Waals surface area (Å²) in [6.07, 6.45) is 0.536. The molecule has 0 aromatic heterocycles. The van der Waals surface area contributed by atoms with Gasteiger partial charge in [-0.25, -0.2) is 4.79 Å². The number of anilines is 1. The first kappa shape index (κ1) is 10.8. The third-order valence-corrected chi connectivity index (χ3v) is 2.88. The molecule has 1 atom stereocenters. The van der Waals surface area contributed by atoms with Crippen molar-refractivity contribution in [3.8, 4) is 5.75 Å². The zero-order valence-corrected chi connectivity index (χ0v) is 9.69. The highest BCUT2D eigenvalue weighted by Gasteiger charge is 2.31. The third-order valence-electron chi connectivity index (χ3n) is 2.88. The van der Waals surface area contributed by atoms with Gasteiger partial charge < -0.3 is 9.47 Å². The van der Waals surface area contributed by atoms with Crippen molar-refractivity contribution in [3.05, 3.63) is 23.8 Å². The standard InChI is InChI=1S/C12H15NO3/c1-8-6-9-4-5-10(15-2)7-11(9)13(8)12(14)16-3/h4-5,7-8H,6H2,1-3H3/t8-/m0/s1.